The third-order valence-corrected chi connectivity index (χ3v) is 14.9. The van der Waals surface area contributed by atoms with E-state index >= 15 is 0 Å². The minimum Gasteiger partial charge on any atom is -0.394 e. The molecular weight excluding hydrogens is 1540 g/mol. The van der Waals surface area contributed by atoms with Crippen LogP contribution in [0.5, 0.6) is 0 Å². The Bertz CT molecular complexity index is 1870. The fraction of sp³-hybridized carbons (Fsp3) is 0.486. The lowest BCUT2D eigenvalue weighted by Crippen LogP contribution is -2.45. The number of hydrogen-bond acceptors (Lipinski definition) is 17. The summed E-state index contributed by atoms with van der Waals surface area (Å²) >= 11 is 10.3. The Kier molecular flexibility index (Phi) is 26.5. The number of amides is 6. The summed E-state index contributed by atoms with van der Waals surface area (Å²) in [4.78, 5) is 82.4. The molecule has 2 rings (SSSR count). The van der Waals surface area contributed by atoms with Crippen LogP contribution in [0.1, 0.15) is 41.4 Å². The van der Waals surface area contributed by atoms with Gasteiger partial charge in [0.05, 0.1) is 105 Å². The molecule has 0 aliphatic heterocycles. The Morgan fingerprint density at radius 2 is 0.688 bits per heavy atom. The summed E-state index contributed by atoms with van der Waals surface area (Å²) < 4.78 is 0.370. The van der Waals surface area contributed by atoms with Crippen LogP contribution >= 0.6 is 136 Å². The number of nitrogens with zero attached hydrogens (tertiary/aromatic N) is 2. The van der Waals surface area contributed by atoms with E-state index in [9.17, 15) is 84.9 Å². The van der Waals surface area contributed by atoms with Gasteiger partial charge in [-0.05, 0) is 136 Å². The number of carbonyl (C=O) groups excluding carboxylic acids is 6. The number of rotatable bonds is 24. The van der Waals surface area contributed by atoms with Crippen molar-refractivity contribution < 1.29 is 84.9 Å². The Morgan fingerprint density at radius 3 is 0.938 bits per heavy atom. The molecule has 0 bridgehead atoms. The summed E-state index contributed by atoms with van der Waals surface area (Å²) in [6, 6.07) is 0. The summed E-state index contributed by atoms with van der Waals surface area (Å²) in [5.74, 6) is -5.37. The molecule has 23 nitrogen and oxygen atoms in total. The van der Waals surface area contributed by atoms with Gasteiger partial charge in [-0.3, -0.25) is 28.8 Å². The maximum absolute atomic E-state index is 14.0. The van der Waals surface area contributed by atoms with Crippen molar-refractivity contribution in [3.8, 4) is 0 Å². The highest BCUT2D eigenvalue weighted by Crippen LogP contribution is 2.38. The molecule has 0 saturated carbocycles. The number of nitrogens with one attached hydrogen (secondary N) is 4. The van der Waals surface area contributed by atoms with Crippen LogP contribution in [0.2, 0.25) is 0 Å². The fourth-order valence-electron chi connectivity index (χ4n) is 5.40. The molecule has 4 unspecified atom stereocenters. The first-order valence-corrected chi connectivity index (χ1v) is 24.7. The van der Waals surface area contributed by atoms with Crippen LogP contribution in [0.3, 0.4) is 0 Å². The number of hydrogen-bond donors (Lipinski definition) is 15. The molecule has 64 heavy (non-hydrogen) atoms. The van der Waals surface area contributed by atoms with Gasteiger partial charge in [-0.2, -0.15) is 0 Å². The van der Waals surface area contributed by atoms with Gasteiger partial charge in [0.2, 0.25) is 11.8 Å². The van der Waals surface area contributed by atoms with Gasteiger partial charge in [-0.25, -0.2) is 0 Å². The lowest BCUT2D eigenvalue weighted by molar-refractivity contribution is -0.119. The van der Waals surface area contributed by atoms with E-state index in [1.54, 1.807) is 136 Å². The lowest BCUT2D eigenvalue weighted by Gasteiger charge is -2.28. The average Bonchev–Trinajstić information content (AvgIpc) is 3.26. The van der Waals surface area contributed by atoms with Crippen LogP contribution < -0.4 is 21.3 Å². The predicted octanol–water partition coefficient (Wildman–Crippen LogP) is -3.01. The second-order valence-electron chi connectivity index (χ2n) is 13.4. The van der Waals surface area contributed by atoms with E-state index in [0.29, 0.717) is 0 Å². The summed E-state index contributed by atoms with van der Waals surface area (Å²) in [6.07, 6.45) is -7.39. The van der Waals surface area contributed by atoms with E-state index in [0.717, 1.165) is 9.80 Å². The number of anilines is 2. The minimum atomic E-state index is -1.51. The number of halogens is 6. The van der Waals surface area contributed by atoms with Gasteiger partial charge >= 0.3 is 0 Å². The number of carbonyl (C=O) groups is 6. The first-order valence-electron chi connectivity index (χ1n) is 18.3. The number of aliphatic hydroxyl groups excluding tert-OH is 11. The molecule has 0 radical (unpaired) electrons. The van der Waals surface area contributed by atoms with Gasteiger partial charge in [-0.15, -0.1) is 0 Å². The molecule has 0 aromatic heterocycles. The largest absolute Gasteiger partial charge is 0.394 e. The summed E-state index contributed by atoms with van der Waals surface area (Å²) in [7, 11) is 0. The number of benzene rings is 2. The molecule has 0 fully saturated rings. The quantitative estimate of drug-likeness (QED) is 0.0466. The Morgan fingerprint density at radius 1 is 0.422 bits per heavy atom. The topological polar surface area (TPSA) is 380 Å². The molecule has 2 aromatic rings. The van der Waals surface area contributed by atoms with E-state index in [4.69, 9.17) is 0 Å². The Labute approximate surface area is 446 Å². The molecule has 6 amide bonds. The van der Waals surface area contributed by atoms with Gasteiger partial charge in [0.15, 0.2) is 0 Å². The van der Waals surface area contributed by atoms with Gasteiger partial charge in [0.25, 0.3) is 23.6 Å². The highest BCUT2D eigenvalue weighted by molar-refractivity contribution is 14.1. The summed E-state index contributed by atoms with van der Waals surface area (Å²) in [5, 5.41) is 118. The third kappa shape index (κ3) is 16.1. The fourth-order valence-corrected chi connectivity index (χ4v) is 14.2. The molecule has 0 spiro atoms. The summed E-state index contributed by atoms with van der Waals surface area (Å²) in [5.41, 5.74) is -0.921. The monoisotopic (exact) mass is 1580 g/mol. The highest BCUT2D eigenvalue weighted by Gasteiger charge is 2.34. The van der Waals surface area contributed by atoms with E-state index in [1.807, 2.05) is 0 Å². The van der Waals surface area contributed by atoms with Crippen LogP contribution in [0.4, 0.5) is 11.4 Å². The van der Waals surface area contributed by atoms with Crippen LogP contribution in [0.15, 0.2) is 0 Å². The van der Waals surface area contributed by atoms with Crippen molar-refractivity contribution >= 4 is 182 Å². The van der Waals surface area contributed by atoms with Gasteiger partial charge in [0, 0.05) is 46.4 Å². The first kappa shape index (κ1) is 59.3. The standard InChI is InChI=1S/C35H44I6N6O17/c36-24-20(26(38)30(44-18(59)11-52)28(40)22(24)34(63)46(3-14(55)7-48)4-15(56)8-49)32(61)42-1-13(54)2-43-33(62)21-25(37)23(29(41)31(27(21)39)45-19(60)12-53)35(64)47(5-16(57)9-50)6-17(58)10-51/h13-17,48-58H,1-12H2,(H,42,61)(H,43,62)(H,44,59)(H,45,60). The lowest BCUT2D eigenvalue weighted by atomic mass is 10.1. The third-order valence-electron chi connectivity index (χ3n) is 8.47. The highest BCUT2D eigenvalue weighted by atomic mass is 127. The smallest absolute Gasteiger partial charge is 0.256 e. The van der Waals surface area contributed by atoms with E-state index in [-0.39, 0.29) is 55.0 Å². The second kappa shape index (κ2) is 28.6. The van der Waals surface area contributed by atoms with Crippen molar-refractivity contribution in [3.05, 3.63) is 43.7 Å². The van der Waals surface area contributed by atoms with E-state index in [1.165, 1.54) is 0 Å². The second-order valence-corrected chi connectivity index (χ2v) is 19.9. The van der Waals surface area contributed by atoms with Crippen molar-refractivity contribution in [2.75, 3.05) is 89.5 Å². The molecule has 358 valence electrons. The predicted molar refractivity (Wildman–Crippen MR) is 275 cm³/mol. The molecule has 0 heterocycles. The molecule has 0 aliphatic carbocycles. The van der Waals surface area contributed by atoms with Crippen LogP contribution in [-0.4, -0.2) is 211 Å². The van der Waals surface area contributed by atoms with Crippen LogP contribution in [0, 0.1) is 21.4 Å². The maximum atomic E-state index is 14.0. The minimum absolute atomic E-state index is 0.00766. The molecule has 0 aliphatic rings. The first-order chi connectivity index (χ1) is 30.0. The molecule has 29 heteroatoms. The maximum Gasteiger partial charge on any atom is 0.256 e. The SMILES string of the molecule is O=C(CO)Nc1c(I)c(C(=O)NCC(O)CNC(=O)c2c(I)c(NC(=O)CO)c(I)c(C(=O)N(CC(O)CO)CC(O)CO)c2I)c(I)c(C(=O)N(CC(O)CO)CC(O)CO)c1I. The van der Waals surface area contributed by atoms with E-state index < -0.39 is 145 Å². The van der Waals surface area contributed by atoms with Gasteiger partial charge < -0.3 is 87.2 Å². The molecule has 2 aromatic carbocycles. The molecule has 0 saturated heterocycles. The van der Waals surface area contributed by atoms with Gasteiger partial charge in [-0.1, -0.05) is 0 Å². The van der Waals surface area contributed by atoms with E-state index in [2.05, 4.69) is 21.3 Å². The average molecular weight is 1580 g/mol. The van der Waals surface area contributed by atoms with Crippen molar-refractivity contribution in [1.82, 2.24) is 20.4 Å². The van der Waals surface area contributed by atoms with Crippen LogP contribution in [-0.2, 0) is 9.59 Å². The van der Waals surface area contributed by atoms with Crippen molar-refractivity contribution in [2.24, 2.45) is 0 Å². The van der Waals surface area contributed by atoms with Crippen LogP contribution in [0.25, 0.3) is 0 Å². The summed E-state index contributed by atoms with van der Waals surface area (Å²) in [6.45, 7) is -8.14. The number of aliphatic hydroxyl groups is 11. The van der Waals surface area contributed by atoms with Crippen molar-refractivity contribution in [1.29, 1.82) is 0 Å². The zero-order valence-corrected chi connectivity index (χ0v) is 45.8. The molecular formula is C35H44I6N6O17. The van der Waals surface area contributed by atoms with Gasteiger partial charge in [0.1, 0.15) is 13.2 Å². The Hall–Kier alpha value is -0.800. The van der Waals surface area contributed by atoms with Crippen molar-refractivity contribution in [2.45, 2.75) is 30.5 Å². The molecule has 15 N–H and O–H groups in total. The Balaban J connectivity index is 2.55. The normalized spacial score (nSPS) is 13.6. The zero-order chi connectivity index (χ0) is 48.7. The van der Waals surface area contributed by atoms with Crippen molar-refractivity contribution in [3.63, 3.8) is 0 Å². The zero-order valence-electron chi connectivity index (χ0n) is 32.9. The molecule has 4 atom stereocenters.